The van der Waals surface area contributed by atoms with Crippen molar-refractivity contribution in [1.29, 1.82) is 10.5 Å². The molecule has 0 radical (unpaired) electrons. The highest BCUT2D eigenvalue weighted by molar-refractivity contribution is 5.99. The van der Waals surface area contributed by atoms with Gasteiger partial charge in [-0.2, -0.15) is 10.5 Å². The van der Waals surface area contributed by atoms with Gasteiger partial charge < -0.3 is 5.73 Å². The number of carbonyl (C=O) groups is 1. The number of ketones is 1. The lowest BCUT2D eigenvalue weighted by Gasteiger charge is -2.29. The van der Waals surface area contributed by atoms with Crippen molar-refractivity contribution in [3.63, 3.8) is 0 Å². The lowest BCUT2D eigenvalue weighted by atomic mass is 9.73. The fraction of sp³-hybridized carbons (Fsp3) is 0.417. The van der Waals surface area contributed by atoms with E-state index in [0.717, 1.165) is 0 Å². The summed E-state index contributed by atoms with van der Waals surface area (Å²) in [6.07, 6.45) is 0.272. The van der Waals surface area contributed by atoms with E-state index in [-0.39, 0.29) is 17.9 Å². The summed E-state index contributed by atoms with van der Waals surface area (Å²) in [6.45, 7) is 4.73. The van der Waals surface area contributed by atoms with E-state index in [0.29, 0.717) is 16.7 Å². The number of hydrogen-bond acceptors (Lipinski definition) is 4. The summed E-state index contributed by atoms with van der Waals surface area (Å²) < 4.78 is 0. The third-order valence-corrected chi connectivity index (χ3v) is 2.96. The molecule has 1 rings (SSSR count). The molecular formula is C12H13N3O. The summed E-state index contributed by atoms with van der Waals surface area (Å²) in [5.41, 5.74) is 6.58. The highest BCUT2D eigenvalue weighted by Crippen LogP contribution is 2.40. The monoisotopic (exact) mass is 215 g/mol. The Balaban J connectivity index is 3.55. The molecule has 0 aromatic rings. The Hall–Kier alpha value is -2.07. The zero-order valence-electron chi connectivity index (χ0n) is 9.59. The molecule has 1 atom stereocenters. The number of rotatable bonds is 1. The maximum Gasteiger partial charge on any atom is 0.161 e. The quantitative estimate of drug-likeness (QED) is 0.718. The van der Waals surface area contributed by atoms with Crippen LogP contribution >= 0.6 is 0 Å². The third-order valence-electron chi connectivity index (χ3n) is 2.96. The van der Waals surface area contributed by atoms with Crippen LogP contribution in [0.1, 0.15) is 27.2 Å². The Morgan fingerprint density at radius 3 is 2.44 bits per heavy atom. The van der Waals surface area contributed by atoms with Crippen molar-refractivity contribution >= 4 is 5.78 Å². The molecule has 1 aliphatic carbocycles. The van der Waals surface area contributed by atoms with Crippen molar-refractivity contribution in [2.75, 3.05) is 0 Å². The number of nitrogens with two attached hydrogens (primary N) is 1. The smallest absolute Gasteiger partial charge is 0.161 e. The summed E-state index contributed by atoms with van der Waals surface area (Å²) in [5.74, 6) is -0.205. The van der Waals surface area contributed by atoms with E-state index in [1.54, 1.807) is 13.8 Å². The van der Waals surface area contributed by atoms with Crippen LogP contribution in [0.2, 0.25) is 0 Å². The van der Waals surface area contributed by atoms with Gasteiger partial charge in [0.2, 0.25) is 0 Å². The fourth-order valence-electron chi connectivity index (χ4n) is 1.89. The van der Waals surface area contributed by atoms with Crippen LogP contribution in [0, 0.1) is 28.1 Å². The van der Waals surface area contributed by atoms with Gasteiger partial charge in [-0.3, -0.25) is 4.79 Å². The molecule has 82 valence electrons. The summed E-state index contributed by atoms with van der Waals surface area (Å²) in [5, 5.41) is 18.1. The van der Waals surface area contributed by atoms with E-state index >= 15 is 0 Å². The molecule has 0 saturated carbocycles. The third kappa shape index (κ3) is 1.59. The number of Topliss-reactive ketones (excluding diaryl/α,β-unsaturated/α-hetero) is 1. The minimum Gasteiger partial charge on any atom is -0.400 e. The van der Waals surface area contributed by atoms with Crippen LogP contribution in [-0.4, -0.2) is 5.78 Å². The first-order valence-electron chi connectivity index (χ1n) is 4.90. The first-order chi connectivity index (χ1) is 7.37. The van der Waals surface area contributed by atoms with Gasteiger partial charge in [0.1, 0.15) is 0 Å². The molecule has 0 amide bonds. The second-order valence-corrected chi connectivity index (χ2v) is 4.18. The highest BCUT2D eigenvalue weighted by atomic mass is 16.1. The average molecular weight is 215 g/mol. The van der Waals surface area contributed by atoms with Gasteiger partial charge in [0, 0.05) is 23.3 Å². The zero-order chi connectivity index (χ0) is 12.5. The molecule has 0 spiro atoms. The Labute approximate surface area is 94.7 Å². The molecule has 0 fully saturated rings. The first-order valence-corrected chi connectivity index (χ1v) is 4.90. The van der Waals surface area contributed by atoms with Gasteiger partial charge in [-0.15, -0.1) is 0 Å². The second-order valence-electron chi connectivity index (χ2n) is 4.18. The van der Waals surface area contributed by atoms with Crippen LogP contribution in [0.15, 0.2) is 22.4 Å². The minimum atomic E-state index is -0.953. The number of nitrogens with zero attached hydrogens (tertiary/aromatic N) is 2. The van der Waals surface area contributed by atoms with Gasteiger partial charge in [0.15, 0.2) is 5.78 Å². The average Bonchev–Trinajstić information content (AvgIpc) is 2.23. The van der Waals surface area contributed by atoms with E-state index in [9.17, 15) is 4.79 Å². The van der Waals surface area contributed by atoms with Crippen LogP contribution in [0.4, 0.5) is 0 Å². The van der Waals surface area contributed by atoms with Crippen LogP contribution in [0.5, 0.6) is 0 Å². The maximum absolute atomic E-state index is 11.5. The van der Waals surface area contributed by atoms with Crippen molar-refractivity contribution < 1.29 is 4.79 Å². The lowest BCUT2D eigenvalue weighted by Crippen LogP contribution is -2.31. The van der Waals surface area contributed by atoms with Gasteiger partial charge >= 0.3 is 0 Å². The standard InChI is InChI=1S/C12H13N3O/c1-7-9(5-13)4-12(3,6-14)11(15)10(7)8(2)16/h4,15H2,1-3H3. The molecule has 0 aromatic carbocycles. The van der Waals surface area contributed by atoms with E-state index < -0.39 is 5.41 Å². The molecule has 2 N–H and O–H groups in total. The Kier molecular flexibility index (Phi) is 2.87. The molecule has 4 heteroatoms. The number of allylic oxidation sites excluding steroid dienone is 4. The Morgan fingerprint density at radius 2 is 2.06 bits per heavy atom. The molecule has 4 nitrogen and oxygen atoms in total. The molecule has 0 saturated heterocycles. The minimum absolute atomic E-state index is 0.205. The molecule has 0 aliphatic heterocycles. The molecule has 1 unspecified atom stereocenters. The number of nitriles is 2. The Morgan fingerprint density at radius 1 is 1.50 bits per heavy atom. The molecule has 16 heavy (non-hydrogen) atoms. The number of hydrogen-bond donors (Lipinski definition) is 1. The van der Waals surface area contributed by atoms with Gasteiger partial charge in [0.25, 0.3) is 0 Å². The van der Waals surface area contributed by atoms with Gasteiger partial charge in [0.05, 0.1) is 17.6 Å². The van der Waals surface area contributed by atoms with Crippen LogP contribution in [0.3, 0.4) is 0 Å². The molecule has 0 heterocycles. The molecular weight excluding hydrogens is 202 g/mol. The van der Waals surface area contributed by atoms with E-state index in [1.165, 1.54) is 6.92 Å². The molecule has 0 aromatic heterocycles. The van der Waals surface area contributed by atoms with Crippen molar-refractivity contribution in [3.05, 3.63) is 22.4 Å². The van der Waals surface area contributed by atoms with E-state index in [2.05, 4.69) is 6.07 Å². The van der Waals surface area contributed by atoms with Gasteiger partial charge in [-0.1, -0.05) is 0 Å². The number of carbonyl (C=O) groups excluding carboxylic acids is 1. The predicted molar refractivity (Wildman–Crippen MR) is 58.5 cm³/mol. The van der Waals surface area contributed by atoms with Gasteiger partial charge in [-0.05, 0) is 26.3 Å². The predicted octanol–water partition coefficient (Wildman–Crippen LogP) is 1.56. The maximum atomic E-state index is 11.5. The van der Waals surface area contributed by atoms with E-state index in [1.807, 2.05) is 6.07 Å². The summed E-state index contributed by atoms with van der Waals surface area (Å²) in [7, 11) is 0. The van der Waals surface area contributed by atoms with Crippen molar-refractivity contribution in [2.24, 2.45) is 11.1 Å². The highest BCUT2D eigenvalue weighted by Gasteiger charge is 2.37. The SMILES string of the molecule is CC(=O)C1=C(N)C(C)(C#N)CC(C#N)=C1C. The van der Waals surface area contributed by atoms with Crippen LogP contribution in [0.25, 0.3) is 0 Å². The van der Waals surface area contributed by atoms with Crippen molar-refractivity contribution in [1.82, 2.24) is 0 Å². The second kappa shape index (κ2) is 3.83. The normalized spacial score (nSPS) is 25.1. The van der Waals surface area contributed by atoms with E-state index in [4.69, 9.17) is 16.3 Å². The molecule has 1 aliphatic rings. The summed E-state index contributed by atoms with van der Waals surface area (Å²) in [6, 6.07) is 4.11. The van der Waals surface area contributed by atoms with Crippen LogP contribution in [-0.2, 0) is 4.79 Å². The zero-order valence-corrected chi connectivity index (χ0v) is 9.59. The summed E-state index contributed by atoms with van der Waals surface area (Å²) >= 11 is 0. The fourth-order valence-corrected chi connectivity index (χ4v) is 1.89. The lowest BCUT2D eigenvalue weighted by molar-refractivity contribution is -0.113. The van der Waals surface area contributed by atoms with Crippen molar-refractivity contribution in [3.8, 4) is 12.1 Å². The largest absolute Gasteiger partial charge is 0.400 e. The van der Waals surface area contributed by atoms with Crippen molar-refractivity contribution in [2.45, 2.75) is 27.2 Å². The van der Waals surface area contributed by atoms with Gasteiger partial charge in [-0.25, -0.2) is 0 Å². The first kappa shape index (κ1) is 12.0. The topological polar surface area (TPSA) is 90.7 Å². The Bertz CT molecular complexity index is 499. The van der Waals surface area contributed by atoms with Crippen LogP contribution < -0.4 is 5.73 Å². The molecule has 0 bridgehead atoms. The summed E-state index contributed by atoms with van der Waals surface area (Å²) in [4.78, 5) is 11.5.